The highest BCUT2D eigenvalue weighted by atomic mass is 79.9. The second kappa shape index (κ2) is 6.24. The summed E-state index contributed by atoms with van der Waals surface area (Å²) in [5.41, 5.74) is 9.10. The van der Waals surface area contributed by atoms with Gasteiger partial charge in [0, 0.05) is 11.8 Å². The summed E-state index contributed by atoms with van der Waals surface area (Å²) >= 11 is 3.49. The zero-order valence-corrected chi connectivity index (χ0v) is 13.3. The van der Waals surface area contributed by atoms with Crippen LogP contribution in [0.25, 0.3) is 0 Å². The van der Waals surface area contributed by atoms with Crippen LogP contribution in [-0.4, -0.2) is 19.2 Å². The largest absolute Gasteiger partial charge is 0.495 e. The van der Waals surface area contributed by atoms with Gasteiger partial charge in [0.25, 0.3) is 0 Å². The molecule has 1 heterocycles. The van der Waals surface area contributed by atoms with Gasteiger partial charge in [0.15, 0.2) is 0 Å². The lowest BCUT2D eigenvalue weighted by Gasteiger charge is -2.19. The van der Waals surface area contributed by atoms with Crippen molar-refractivity contribution in [3.63, 3.8) is 0 Å². The monoisotopic (exact) mass is 336 g/mol. The third-order valence-corrected chi connectivity index (χ3v) is 3.95. The van der Waals surface area contributed by atoms with E-state index in [0.717, 1.165) is 21.3 Å². The van der Waals surface area contributed by atoms with Crippen molar-refractivity contribution in [2.45, 2.75) is 13.0 Å². The van der Waals surface area contributed by atoms with E-state index in [1.807, 2.05) is 31.2 Å². The number of aryl methyl sites for hydroxylation is 1. The number of aromatic nitrogens is 1. The molecule has 0 spiro atoms. The highest BCUT2D eigenvalue weighted by Crippen LogP contribution is 2.40. The third-order valence-electron chi connectivity index (χ3n) is 3.20. The number of nitrogens with two attached hydrogens (primary N) is 1. The summed E-state index contributed by atoms with van der Waals surface area (Å²) in [7, 11) is 3.23. The molecule has 0 amide bonds. The molecule has 2 N–H and O–H groups in total. The number of ether oxygens (including phenoxy) is 2. The first-order valence-corrected chi connectivity index (χ1v) is 6.97. The Balaban J connectivity index is 2.53. The Kier molecular flexibility index (Phi) is 4.62. The molecule has 4 nitrogen and oxygen atoms in total. The number of hydrogen-bond acceptors (Lipinski definition) is 4. The van der Waals surface area contributed by atoms with Gasteiger partial charge in [0.2, 0.25) is 0 Å². The average Bonchev–Trinajstić information content (AvgIpc) is 2.46. The molecule has 1 aromatic carbocycles. The Hall–Kier alpha value is -1.59. The number of halogens is 1. The van der Waals surface area contributed by atoms with Gasteiger partial charge in [-0.3, -0.25) is 4.98 Å². The molecule has 1 unspecified atom stereocenters. The lowest BCUT2D eigenvalue weighted by atomic mass is 9.99. The van der Waals surface area contributed by atoms with Crippen LogP contribution >= 0.6 is 15.9 Å². The Labute approximate surface area is 127 Å². The fraction of sp³-hybridized carbons (Fsp3) is 0.267. The number of benzene rings is 1. The van der Waals surface area contributed by atoms with Crippen molar-refractivity contribution in [2.24, 2.45) is 5.73 Å². The summed E-state index contributed by atoms with van der Waals surface area (Å²) in [5, 5.41) is 0. The van der Waals surface area contributed by atoms with E-state index >= 15 is 0 Å². The second-order valence-electron chi connectivity index (χ2n) is 4.39. The molecule has 0 saturated carbocycles. The Morgan fingerprint density at radius 2 is 1.95 bits per heavy atom. The Bertz CT molecular complexity index is 617. The number of pyridine rings is 1. The first kappa shape index (κ1) is 14.8. The second-order valence-corrected chi connectivity index (χ2v) is 5.18. The molecular weight excluding hydrogens is 320 g/mol. The minimum atomic E-state index is -0.353. The summed E-state index contributed by atoms with van der Waals surface area (Å²) in [4.78, 5) is 4.38. The summed E-state index contributed by atoms with van der Waals surface area (Å²) in [6.45, 7) is 1.99. The van der Waals surface area contributed by atoms with Gasteiger partial charge in [0.05, 0.1) is 26.0 Å². The summed E-state index contributed by atoms with van der Waals surface area (Å²) in [6, 6.07) is 7.30. The SMILES string of the molecule is COc1ccc(C(N)c2ncccc2C)c(OC)c1Br. The highest BCUT2D eigenvalue weighted by molar-refractivity contribution is 9.10. The minimum Gasteiger partial charge on any atom is -0.495 e. The number of nitrogens with zero attached hydrogens (tertiary/aromatic N) is 1. The van der Waals surface area contributed by atoms with Crippen LogP contribution in [0.2, 0.25) is 0 Å². The number of hydrogen-bond donors (Lipinski definition) is 1. The highest BCUT2D eigenvalue weighted by Gasteiger charge is 2.20. The predicted octanol–water partition coefficient (Wildman–Crippen LogP) is 3.22. The molecule has 2 aromatic rings. The van der Waals surface area contributed by atoms with Crippen LogP contribution in [0.3, 0.4) is 0 Å². The van der Waals surface area contributed by atoms with Crippen molar-refractivity contribution in [1.82, 2.24) is 4.98 Å². The molecule has 0 saturated heterocycles. The van der Waals surface area contributed by atoms with Crippen LogP contribution in [0.1, 0.15) is 22.9 Å². The van der Waals surface area contributed by atoms with E-state index in [1.165, 1.54) is 0 Å². The first-order chi connectivity index (χ1) is 9.60. The van der Waals surface area contributed by atoms with E-state index in [1.54, 1.807) is 20.4 Å². The van der Waals surface area contributed by atoms with Gasteiger partial charge >= 0.3 is 0 Å². The molecular formula is C15H17BrN2O2. The maximum absolute atomic E-state index is 6.35. The van der Waals surface area contributed by atoms with Crippen LogP contribution in [0.5, 0.6) is 11.5 Å². The zero-order chi connectivity index (χ0) is 14.7. The lowest BCUT2D eigenvalue weighted by Crippen LogP contribution is -2.16. The van der Waals surface area contributed by atoms with Gasteiger partial charge in [-0.05, 0) is 46.6 Å². The molecule has 1 aromatic heterocycles. The fourth-order valence-corrected chi connectivity index (χ4v) is 2.82. The maximum Gasteiger partial charge on any atom is 0.141 e. The maximum atomic E-state index is 6.35. The molecule has 2 rings (SSSR count). The molecule has 0 radical (unpaired) electrons. The summed E-state index contributed by atoms with van der Waals surface area (Å²) in [6.07, 6.45) is 1.74. The summed E-state index contributed by atoms with van der Waals surface area (Å²) in [5.74, 6) is 1.37. The van der Waals surface area contributed by atoms with Gasteiger partial charge in [-0.2, -0.15) is 0 Å². The van der Waals surface area contributed by atoms with Gasteiger partial charge < -0.3 is 15.2 Å². The fourth-order valence-electron chi connectivity index (χ4n) is 2.13. The van der Waals surface area contributed by atoms with Crippen molar-refractivity contribution in [1.29, 1.82) is 0 Å². The molecule has 0 aliphatic carbocycles. The van der Waals surface area contributed by atoms with Crippen molar-refractivity contribution in [3.8, 4) is 11.5 Å². The average molecular weight is 337 g/mol. The quantitative estimate of drug-likeness (QED) is 0.931. The van der Waals surface area contributed by atoms with E-state index < -0.39 is 0 Å². The van der Waals surface area contributed by atoms with Crippen LogP contribution in [0, 0.1) is 6.92 Å². The summed E-state index contributed by atoms with van der Waals surface area (Å²) < 4.78 is 11.5. The van der Waals surface area contributed by atoms with E-state index in [4.69, 9.17) is 15.2 Å². The molecule has 0 aliphatic heterocycles. The van der Waals surface area contributed by atoms with E-state index in [0.29, 0.717) is 11.5 Å². The van der Waals surface area contributed by atoms with Crippen molar-refractivity contribution in [2.75, 3.05) is 14.2 Å². The number of methoxy groups -OCH3 is 2. The third kappa shape index (κ3) is 2.64. The zero-order valence-electron chi connectivity index (χ0n) is 11.7. The van der Waals surface area contributed by atoms with Crippen LogP contribution in [-0.2, 0) is 0 Å². The normalized spacial score (nSPS) is 12.1. The van der Waals surface area contributed by atoms with Gasteiger partial charge in [-0.25, -0.2) is 0 Å². The molecule has 0 fully saturated rings. The van der Waals surface area contributed by atoms with Gasteiger partial charge in [-0.15, -0.1) is 0 Å². The molecule has 5 heteroatoms. The van der Waals surface area contributed by atoms with Gasteiger partial charge in [-0.1, -0.05) is 6.07 Å². The predicted molar refractivity (Wildman–Crippen MR) is 82.3 cm³/mol. The van der Waals surface area contributed by atoms with Crippen LogP contribution in [0.15, 0.2) is 34.9 Å². The van der Waals surface area contributed by atoms with E-state index in [9.17, 15) is 0 Å². The Morgan fingerprint density at radius 3 is 2.55 bits per heavy atom. The van der Waals surface area contributed by atoms with Crippen LogP contribution < -0.4 is 15.2 Å². The molecule has 106 valence electrons. The molecule has 20 heavy (non-hydrogen) atoms. The van der Waals surface area contributed by atoms with E-state index in [-0.39, 0.29) is 6.04 Å². The number of rotatable bonds is 4. The van der Waals surface area contributed by atoms with E-state index in [2.05, 4.69) is 20.9 Å². The molecule has 1 atom stereocenters. The van der Waals surface area contributed by atoms with Gasteiger partial charge in [0.1, 0.15) is 16.0 Å². The standard InChI is InChI=1S/C15H17BrN2O2/c1-9-5-4-8-18-14(9)13(17)10-6-7-11(19-2)12(16)15(10)20-3/h4-8,13H,17H2,1-3H3. The van der Waals surface area contributed by atoms with Crippen molar-refractivity contribution < 1.29 is 9.47 Å². The molecule has 0 aliphatic rings. The first-order valence-electron chi connectivity index (χ1n) is 6.17. The smallest absolute Gasteiger partial charge is 0.141 e. The Morgan fingerprint density at radius 1 is 1.20 bits per heavy atom. The van der Waals surface area contributed by atoms with Crippen LogP contribution in [0.4, 0.5) is 0 Å². The molecule has 0 bridgehead atoms. The topological polar surface area (TPSA) is 57.4 Å². The lowest BCUT2D eigenvalue weighted by molar-refractivity contribution is 0.385. The van der Waals surface area contributed by atoms with Crippen molar-refractivity contribution in [3.05, 3.63) is 51.8 Å². The minimum absolute atomic E-state index is 0.353. The van der Waals surface area contributed by atoms with Crippen molar-refractivity contribution >= 4 is 15.9 Å².